The highest BCUT2D eigenvalue weighted by atomic mass is 35.5. The maximum Gasteiger partial charge on any atom is 0.196 e. The molecular formula is C23H29ClO3. The lowest BCUT2D eigenvalue weighted by atomic mass is 9.93. The molecule has 1 aliphatic heterocycles. The predicted octanol–water partition coefficient (Wildman–Crippen LogP) is 6.79. The van der Waals surface area contributed by atoms with E-state index in [-0.39, 0.29) is 17.4 Å². The Labute approximate surface area is 166 Å². The zero-order valence-electron chi connectivity index (χ0n) is 16.4. The first-order valence-corrected chi connectivity index (χ1v) is 10.7. The van der Waals surface area contributed by atoms with Gasteiger partial charge in [0, 0.05) is 5.56 Å². The van der Waals surface area contributed by atoms with E-state index in [2.05, 4.69) is 26.0 Å². The lowest BCUT2D eigenvalue weighted by molar-refractivity contribution is 0.182. The fourth-order valence-corrected chi connectivity index (χ4v) is 3.87. The van der Waals surface area contributed by atoms with Crippen LogP contribution < -0.4 is 10.2 Å². The van der Waals surface area contributed by atoms with Crippen molar-refractivity contribution in [1.29, 1.82) is 0 Å². The van der Waals surface area contributed by atoms with Gasteiger partial charge in [0.2, 0.25) is 0 Å². The van der Waals surface area contributed by atoms with Crippen molar-refractivity contribution in [1.82, 2.24) is 0 Å². The van der Waals surface area contributed by atoms with Crippen molar-refractivity contribution in [2.75, 3.05) is 0 Å². The molecule has 0 aliphatic carbocycles. The van der Waals surface area contributed by atoms with Gasteiger partial charge in [-0.2, -0.15) is 0 Å². The first-order chi connectivity index (χ1) is 13.2. The molecular weight excluding hydrogens is 360 g/mol. The van der Waals surface area contributed by atoms with Crippen LogP contribution in [0.15, 0.2) is 33.7 Å². The normalized spacial score (nSPS) is 15.1. The molecule has 2 aromatic rings. The zero-order valence-corrected chi connectivity index (χ0v) is 17.1. The first kappa shape index (κ1) is 20.0. The second-order valence-corrected chi connectivity index (χ2v) is 7.62. The molecule has 0 spiro atoms. The van der Waals surface area contributed by atoms with Gasteiger partial charge in [-0.05, 0) is 43.4 Å². The molecule has 1 aliphatic rings. The van der Waals surface area contributed by atoms with Crippen LogP contribution in [0.25, 0.3) is 11.3 Å². The topological polar surface area (TPSA) is 39.4 Å². The number of ether oxygens (including phenoxy) is 1. The van der Waals surface area contributed by atoms with Crippen LogP contribution in [0.4, 0.5) is 0 Å². The Morgan fingerprint density at radius 2 is 1.89 bits per heavy atom. The fraction of sp³-hybridized carbons (Fsp3) is 0.522. The van der Waals surface area contributed by atoms with Crippen molar-refractivity contribution in [3.63, 3.8) is 0 Å². The smallest absolute Gasteiger partial charge is 0.196 e. The number of unbranched alkanes of at least 4 members (excludes halogenated alkanes) is 4. The summed E-state index contributed by atoms with van der Waals surface area (Å²) < 4.78 is 12.2. The molecule has 0 N–H and O–H groups in total. The molecule has 1 atom stereocenters. The second-order valence-electron chi connectivity index (χ2n) is 7.36. The Morgan fingerprint density at radius 1 is 1.07 bits per heavy atom. The molecule has 0 bridgehead atoms. The van der Waals surface area contributed by atoms with E-state index < -0.39 is 0 Å². The first-order valence-electron chi connectivity index (χ1n) is 10.2. The Kier molecular flexibility index (Phi) is 7.01. The van der Waals surface area contributed by atoms with Crippen LogP contribution in [-0.4, -0.2) is 0 Å². The van der Waals surface area contributed by atoms with Gasteiger partial charge in [-0.3, -0.25) is 4.79 Å². The number of fused-ring (bicyclic) bond motifs is 3. The largest absolute Gasteiger partial charge is 0.485 e. The highest BCUT2D eigenvalue weighted by Crippen LogP contribution is 2.43. The summed E-state index contributed by atoms with van der Waals surface area (Å²) >= 11 is 5.93. The fourth-order valence-electron chi connectivity index (χ4n) is 3.69. The minimum absolute atomic E-state index is 0.0358. The summed E-state index contributed by atoms with van der Waals surface area (Å²) in [6, 6.07) is 6.29. The van der Waals surface area contributed by atoms with Crippen LogP contribution >= 0.6 is 11.6 Å². The van der Waals surface area contributed by atoms with Gasteiger partial charge in [0.05, 0.1) is 23.3 Å². The Hall–Kier alpha value is -1.74. The van der Waals surface area contributed by atoms with Crippen LogP contribution in [0.1, 0.15) is 81.6 Å². The summed E-state index contributed by atoms with van der Waals surface area (Å²) in [6.45, 7) is 4.36. The number of halogens is 1. The van der Waals surface area contributed by atoms with Crippen molar-refractivity contribution < 1.29 is 9.15 Å². The predicted molar refractivity (Wildman–Crippen MR) is 111 cm³/mol. The standard InChI is InChI=1S/C23H29ClO3/c1-3-5-7-8-9-16-11-12-19-18(13-16)23-21(20(27-19)10-6-4-2)22(25)17(14-24)15-26-23/h11-13,15,20H,3-10,14H2,1-2H3. The van der Waals surface area contributed by atoms with Crippen LogP contribution in [-0.2, 0) is 12.3 Å². The molecule has 1 unspecified atom stereocenters. The summed E-state index contributed by atoms with van der Waals surface area (Å²) in [5, 5.41) is 0. The number of aryl methyl sites for hydroxylation is 1. The molecule has 2 heterocycles. The van der Waals surface area contributed by atoms with E-state index in [0.29, 0.717) is 16.9 Å². The van der Waals surface area contributed by atoms with E-state index in [9.17, 15) is 4.79 Å². The molecule has 0 saturated carbocycles. The summed E-state index contributed by atoms with van der Waals surface area (Å²) in [5.74, 6) is 1.62. The zero-order chi connectivity index (χ0) is 19.2. The van der Waals surface area contributed by atoms with E-state index in [1.807, 2.05) is 6.07 Å². The van der Waals surface area contributed by atoms with Gasteiger partial charge in [0.25, 0.3) is 0 Å². The average molecular weight is 389 g/mol. The summed E-state index contributed by atoms with van der Waals surface area (Å²) in [6.07, 6.45) is 10.1. The summed E-state index contributed by atoms with van der Waals surface area (Å²) in [5.41, 5.74) is 3.25. The summed E-state index contributed by atoms with van der Waals surface area (Å²) in [4.78, 5) is 12.9. The Balaban J connectivity index is 1.97. The Bertz CT molecular complexity index is 825. The quantitative estimate of drug-likeness (QED) is 0.350. The van der Waals surface area contributed by atoms with Gasteiger partial charge in [-0.1, -0.05) is 45.6 Å². The molecule has 1 aromatic carbocycles. The number of hydrogen-bond donors (Lipinski definition) is 0. The summed E-state index contributed by atoms with van der Waals surface area (Å²) in [7, 11) is 0. The third-order valence-corrected chi connectivity index (χ3v) is 5.55. The number of hydrogen-bond acceptors (Lipinski definition) is 3. The molecule has 0 saturated heterocycles. The highest BCUT2D eigenvalue weighted by Gasteiger charge is 2.31. The van der Waals surface area contributed by atoms with Gasteiger partial charge in [0.1, 0.15) is 17.6 Å². The Morgan fingerprint density at radius 3 is 2.63 bits per heavy atom. The van der Waals surface area contributed by atoms with Crippen molar-refractivity contribution >= 4 is 11.6 Å². The molecule has 0 amide bonds. The minimum atomic E-state index is -0.262. The molecule has 4 heteroatoms. The molecule has 146 valence electrons. The molecule has 27 heavy (non-hydrogen) atoms. The molecule has 3 rings (SSSR count). The molecule has 0 radical (unpaired) electrons. The van der Waals surface area contributed by atoms with Crippen molar-refractivity contribution in [2.45, 2.75) is 77.2 Å². The van der Waals surface area contributed by atoms with Gasteiger partial charge >= 0.3 is 0 Å². The van der Waals surface area contributed by atoms with Gasteiger partial charge < -0.3 is 9.15 Å². The highest BCUT2D eigenvalue weighted by molar-refractivity contribution is 6.17. The monoisotopic (exact) mass is 388 g/mol. The van der Waals surface area contributed by atoms with E-state index in [4.69, 9.17) is 20.8 Å². The molecule has 0 fully saturated rings. The van der Waals surface area contributed by atoms with Crippen LogP contribution in [0.5, 0.6) is 5.75 Å². The van der Waals surface area contributed by atoms with Gasteiger partial charge in [0.15, 0.2) is 5.43 Å². The van der Waals surface area contributed by atoms with E-state index in [1.165, 1.54) is 37.5 Å². The van der Waals surface area contributed by atoms with Crippen LogP contribution in [0.3, 0.4) is 0 Å². The van der Waals surface area contributed by atoms with E-state index in [0.717, 1.165) is 37.0 Å². The number of benzene rings is 1. The SMILES string of the molecule is CCCCCCc1ccc2c(c1)-c1occ(CCl)c(=O)c1C(CCCC)O2. The second kappa shape index (κ2) is 9.45. The number of alkyl halides is 1. The lowest BCUT2D eigenvalue weighted by Gasteiger charge is -2.27. The van der Waals surface area contributed by atoms with Gasteiger partial charge in [-0.15, -0.1) is 11.6 Å². The minimum Gasteiger partial charge on any atom is -0.485 e. The lowest BCUT2D eigenvalue weighted by Crippen LogP contribution is -2.24. The van der Waals surface area contributed by atoms with Crippen LogP contribution in [0.2, 0.25) is 0 Å². The maximum absolute atomic E-state index is 12.9. The maximum atomic E-state index is 12.9. The number of rotatable bonds is 9. The third kappa shape index (κ3) is 4.40. The third-order valence-electron chi connectivity index (χ3n) is 5.26. The van der Waals surface area contributed by atoms with Crippen LogP contribution in [0, 0.1) is 0 Å². The van der Waals surface area contributed by atoms with Crippen molar-refractivity contribution in [2.24, 2.45) is 0 Å². The van der Waals surface area contributed by atoms with E-state index >= 15 is 0 Å². The molecule has 1 aromatic heterocycles. The van der Waals surface area contributed by atoms with Crippen molar-refractivity contribution in [3.8, 4) is 17.1 Å². The van der Waals surface area contributed by atoms with Crippen molar-refractivity contribution in [3.05, 3.63) is 51.4 Å². The van der Waals surface area contributed by atoms with Gasteiger partial charge in [-0.25, -0.2) is 0 Å². The molecule has 3 nitrogen and oxygen atoms in total. The average Bonchev–Trinajstić information content (AvgIpc) is 2.69. The van der Waals surface area contributed by atoms with E-state index in [1.54, 1.807) is 0 Å².